The molecule has 1 unspecified atom stereocenters. The van der Waals surface area contributed by atoms with Crippen molar-refractivity contribution in [2.75, 3.05) is 12.4 Å². The van der Waals surface area contributed by atoms with Crippen LogP contribution in [0.4, 0.5) is 14.5 Å². The van der Waals surface area contributed by atoms with Crippen molar-refractivity contribution >= 4 is 5.69 Å². The zero-order chi connectivity index (χ0) is 14.1. The average molecular weight is 275 g/mol. The Kier molecular flexibility index (Phi) is 3.30. The van der Waals surface area contributed by atoms with Crippen molar-refractivity contribution < 1.29 is 13.5 Å². The van der Waals surface area contributed by atoms with Crippen LogP contribution in [0, 0.1) is 11.6 Å². The minimum Gasteiger partial charge on any atom is -0.497 e. The van der Waals surface area contributed by atoms with E-state index < -0.39 is 11.6 Å². The summed E-state index contributed by atoms with van der Waals surface area (Å²) in [5.74, 6) is -0.889. The van der Waals surface area contributed by atoms with E-state index in [4.69, 9.17) is 4.74 Å². The first kappa shape index (κ1) is 12.9. The molecule has 0 saturated carbocycles. The van der Waals surface area contributed by atoms with Gasteiger partial charge in [0.2, 0.25) is 0 Å². The number of hydrogen-bond donors (Lipinski definition) is 1. The van der Waals surface area contributed by atoms with Crippen LogP contribution in [0.15, 0.2) is 36.4 Å². The highest BCUT2D eigenvalue weighted by molar-refractivity contribution is 5.50. The molecule has 0 heterocycles. The van der Waals surface area contributed by atoms with Crippen molar-refractivity contribution in [3.63, 3.8) is 0 Å². The molecular weight excluding hydrogens is 260 g/mol. The molecule has 2 nitrogen and oxygen atoms in total. The van der Waals surface area contributed by atoms with Gasteiger partial charge in [0.15, 0.2) is 11.6 Å². The van der Waals surface area contributed by atoms with E-state index in [1.165, 1.54) is 11.6 Å². The van der Waals surface area contributed by atoms with Gasteiger partial charge in [-0.1, -0.05) is 12.1 Å². The Morgan fingerprint density at radius 3 is 2.85 bits per heavy atom. The van der Waals surface area contributed by atoms with Crippen LogP contribution >= 0.6 is 0 Å². The molecule has 0 radical (unpaired) electrons. The Balaban J connectivity index is 1.89. The maximum atomic E-state index is 13.7. The number of rotatable bonds is 3. The summed E-state index contributed by atoms with van der Waals surface area (Å²) in [4.78, 5) is 0. The van der Waals surface area contributed by atoms with Crippen LogP contribution in [0.3, 0.4) is 0 Å². The third kappa shape index (κ3) is 2.22. The standard InChI is InChI=1S/C16H15F2NO/c1-20-11-7-5-10-6-8-14(12(10)9-11)19-15-4-2-3-13(17)16(15)18/h2-5,7,9,14,19H,6,8H2,1H3. The fraction of sp³-hybridized carbons (Fsp3) is 0.250. The van der Waals surface area contributed by atoms with Gasteiger partial charge >= 0.3 is 0 Å². The number of nitrogens with one attached hydrogen (secondary N) is 1. The topological polar surface area (TPSA) is 21.3 Å². The van der Waals surface area contributed by atoms with Gasteiger partial charge in [0.1, 0.15) is 5.75 Å². The minimum absolute atomic E-state index is 0.0172. The summed E-state index contributed by atoms with van der Waals surface area (Å²) in [6.45, 7) is 0. The predicted octanol–water partition coefficient (Wildman–Crippen LogP) is 4.07. The molecule has 0 spiro atoms. The maximum Gasteiger partial charge on any atom is 0.181 e. The van der Waals surface area contributed by atoms with Gasteiger partial charge in [0, 0.05) is 0 Å². The molecule has 0 bridgehead atoms. The number of anilines is 1. The zero-order valence-corrected chi connectivity index (χ0v) is 11.1. The van der Waals surface area contributed by atoms with E-state index in [1.54, 1.807) is 13.2 Å². The summed E-state index contributed by atoms with van der Waals surface area (Å²) in [6, 6.07) is 10.1. The smallest absolute Gasteiger partial charge is 0.181 e. The van der Waals surface area contributed by atoms with Crippen LogP contribution < -0.4 is 10.1 Å². The van der Waals surface area contributed by atoms with E-state index in [2.05, 4.69) is 5.32 Å². The number of fused-ring (bicyclic) bond motifs is 1. The molecule has 1 N–H and O–H groups in total. The Labute approximate surface area is 116 Å². The number of halogens is 2. The van der Waals surface area contributed by atoms with Crippen molar-refractivity contribution in [2.45, 2.75) is 18.9 Å². The number of aryl methyl sites for hydroxylation is 1. The number of ether oxygens (including phenoxy) is 1. The van der Waals surface area contributed by atoms with Crippen LogP contribution in [0.1, 0.15) is 23.6 Å². The summed E-state index contributed by atoms with van der Waals surface area (Å²) in [7, 11) is 1.62. The normalized spacial score (nSPS) is 16.9. The van der Waals surface area contributed by atoms with Gasteiger partial charge in [0.05, 0.1) is 18.8 Å². The summed E-state index contributed by atoms with van der Waals surface area (Å²) in [5, 5.41) is 3.09. The second-order valence-corrected chi connectivity index (χ2v) is 4.90. The molecule has 0 aromatic heterocycles. The highest BCUT2D eigenvalue weighted by Gasteiger charge is 2.24. The molecule has 104 valence electrons. The first-order valence-corrected chi connectivity index (χ1v) is 6.56. The number of benzene rings is 2. The van der Waals surface area contributed by atoms with E-state index in [-0.39, 0.29) is 11.7 Å². The number of hydrogen-bond acceptors (Lipinski definition) is 2. The molecule has 1 aliphatic carbocycles. The SMILES string of the molecule is COc1ccc2c(c1)C(Nc1cccc(F)c1F)CC2. The lowest BCUT2D eigenvalue weighted by molar-refractivity contribution is 0.414. The molecule has 0 fully saturated rings. The summed E-state index contributed by atoms with van der Waals surface area (Å²) < 4.78 is 32.2. The second kappa shape index (κ2) is 5.12. The lowest BCUT2D eigenvalue weighted by Crippen LogP contribution is -2.09. The largest absolute Gasteiger partial charge is 0.497 e. The molecular formula is C16H15F2NO. The van der Waals surface area contributed by atoms with Crippen LogP contribution in [0.5, 0.6) is 5.75 Å². The molecule has 4 heteroatoms. The zero-order valence-electron chi connectivity index (χ0n) is 11.1. The van der Waals surface area contributed by atoms with Crippen molar-refractivity contribution in [1.29, 1.82) is 0 Å². The molecule has 0 amide bonds. The van der Waals surface area contributed by atoms with Crippen molar-refractivity contribution in [3.05, 3.63) is 59.2 Å². The minimum atomic E-state index is -0.834. The monoisotopic (exact) mass is 275 g/mol. The summed E-state index contributed by atoms with van der Waals surface area (Å²) >= 11 is 0. The molecule has 2 aromatic rings. The molecule has 0 saturated heterocycles. The van der Waals surface area contributed by atoms with Gasteiger partial charge in [-0.05, 0) is 48.2 Å². The lowest BCUT2D eigenvalue weighted by Gasteiger charge is -2.17. The van der Waals surface area contributed by atoms with E-state index in [1.807, 2.05) is 18.2 Å². The quantitative estimate of drug-likeness (QED) is 0.911. The fourth-order valence-electron chi connectivity index (χ4n) is 2.66. The van der Waals surface area contributed by atoms with Crippen molar-refractivity contribution in [3.8, 4) is 5.75 Å². The molecule has 1 atom stereocenters. The van der Waals surface area contributed by atoms with E-state index >= 15 is 0 Å². The van der Waals surface area contributed by atoms with E-state index in [0.717, 1.165) is 30.2 Å². The van der Waals surface area contributed by atoms with Gasteiger partial charge in [-0.15, -0.1) is 0 Å². The third-order valence-electron chi connectivity index (χ3n) is 3.71. The van der Waals surface area contributed by atoms with Gasteiger partial charge in [0.25, 0.3) is 0 Å². The molecule has 20 heavy (non-hydrogen) atoms. The fourth-order valence-corrected chi connectivity index (χ4v) is 2.66. The molecule has 1 aliphatic rings. The average Bonchev–Trinajstić information content (AvgIpc) is 2.86. The van der Waals surface area contributed by atoms with E-state index in [0.29, 0.717) is 0 Å². The van der Waals surface area contributed by atoms with Gasteiger partial charge in [-0.3, -0.25) is 0 Å². The highest BCUT2D eigenvalue weighted by Crippen LogP contribution is 2.36. The maximum absolute atomic E-state index is 13.7. The highest BCUT2D eigenvalue weighted by atomic mass is 19.2. The molecule has 3 rings (SSSR count). The third-order valence-corrected chi connectivity index (χ3v) is 3.71. The van der Waals surface area contributed by atoms with Crippen LogP contribution in [0.25, 0.3) is 0 Å². The Bertz CT molecular complexity index is 642. The Hall–Kier alpha value is -2.10. The lowest BCUT2D eigenvalue weighted by atomic mass is 10.1. The molecule has 2 aromatic carbocycles. The van der Waals surface area contributed by atoms with Crippen LogP contribution in [-0.2, 0) is 6.42 Å². The summed E-state index contributed by atoms with van der Waals surface area (Å²) in [6.07, 6.45) is 1.78. The van der Waals surface area contributed by atoms with Gasteiger partial charge in [-0.2, -0.15) is 0 Å². The van der Waals surface area contributed by atoms with Crippen molar-refractivity contribution in [1.82, 2.24) is 0 Å². The molecule has 0 aliphatic heterocycles. The van der Waals surface area contributed by atoms with Crippen molar-refractivity contribution in [2.24, 2.45) is 0 Å². The Morgan fingerprint density at radius 1 is 1.20 bits per heavy atom. The van der Waals surface area contributed by atoms with E-state index in [9.17, 15) is 8.78 Å². The first-order chi connectivity index (χ1) is 9.69. The van der Waals surface area contributed by atoms with Crippen LogP contribution in [0.2, 0.25) is 0 Å². The van der Waals surface area contributed by atoms with Gasteiger partial charge < -0.3 is 10.1 Å². The number of methoxy groups -OCH3 is 1. The van der Waals surface area contributed by atoms with Gasteiger partial charge in [-0.25, -0.2) is 8.78 Å². The second-order valence-electron chi connectivity index (χ2n) is 4.90. The summed E-state index contributed by atoms with van der Waals surface area (Å²) in [5.41, 5.74) is 2.51. The first-order valence-electron chi connectivity index (χ1n) is 6.56. The van der Waals surface area contributed by atoms with Crippen LogP contribution in [-0.4, -0.2) is 7.11 Å². The predicted molar refractivity (Wildman–Crippen MR) is 74.0 cm³/mol. The Morgan fingerprint density at radius 2 is 2.05 bits per heavy atom.